The van der Waals surface area contributed by atoms with Crippen LogP contribution in [0, 0.1) is 11.6 Å². The summed E-state index contributed by atoms with van der Waals surface area (Å²) in [7, 11) is 0. The van der Waals surface area contributed by atoms with Gasteiger partial charge in [0.25, 0.3) is 0 Å². The Labute approximate surface area is 174 Å². The lowest BCUT2D eigenvalue weighted by Gasteiger charge is -2.38. The van der Waals surface area contributed by atoms with Crippen molar-refractivity contribution < 1.29 is 18.7 Å². The summed E-state index contributed by atoms with van der Waals surface area (Å²) in [6, 6.07) is 7.03. The number of halogens is 2. The maximum absolute atomic E-state index is 13.6. The van der Waals surface area contributed by atoms with Crippen LogP contribution < -0.4 is 10.2 Å². The summed E-state index contributed by atoms with van der Waals surface area (Å²) < 4.78 is 27.2. The van der Waals surface area contributed by atoms with Gasteiger partial charge >= 0.3 is 0 Å². The third-order valence-electron chi connectivity index (χ3n) is 5.42. The van der Waals surface area contributed by atoms with Crippen molar-refractivity contribution in [2.45, 2.75) is 63.6 Å². The second kappa shape index (κ2) is 10.2. The van der Waals surface area contributed by atoms with Gasteiger partial charge in [-0.3, -0.25) is 4.79 Å². The third kappa shape index (κ3) is 6.24. The normalized spacial score (nSPS) is 17.0. The molecular formula is C22H28F2N2O2S. The lowest BCUT2D eigenvalue weighted by molar-refractivity contribution is -0.120. The highest BCUT2D eigenvalue weighted by molar-refractivity contribution is 7.14. The van der Waals surface area contributed by atoms with Gasteiger partial charge in [-0.1, -0.05) is 19.3 Å². The van der Waals surface area contributed by atoms with E-state index < -0.39 is 23.8 Å². The predicted octanol–water partition coefficient (Wildman–Crippen LogP) is 4.27. The van der Waals surface area contributed by atoms with Crippen LogP contribution in [0.15, 0.2) is 35.7 Å². The Bertz CT molecular complexity index is 774. The van der Waals surface area contributed by atoms with E-state index in [0.29, 0.717) is 18.2 Å². The number of carbonyl (C=O) groups is 1. The number of benzene rings is 1. The molecule has 3 rings (SSSR count). The number of amides is 1. The van der Waals surface area contributed by atoms with Crippen molar-refractivity contribution >= 4 is 22.2 Å². The monoisotopic (exact) mass is 422 g/mol. The van der Waals surface area contributed by atoms with Gasteiger partial charge in [0.1, 0.15) is 11.6 Å². The van der Waals surface area contributed by atoms with E-state index in [2.05, 4.69) is 10.2 Å². The molecule has 0 aliphatic heterocycles. The minimum absolute atomic E-state index is 0.151. The second-order valence-corrected chi connectivity index (χ2v) is 8.68. The third-order valence-corrected chi connectivity index (χ3v) is 6.32. The number of nitrogens with one attached hydrogen (secondary N) is 1. The van der Waals surface area contributed by atoms with E-state index in [1.54, 1.807) is 11.3 Å². The zero-order valence-electron chi connectivity index (χ0n) is 16.6. The summed E-state index contributed by atoms with van der Waals surface area (Å²) in [5.41, 5.74) is 0.403. The van der Waals surface area contributed by atoms with Crippen molar-refractivity contribution in [1.82, 2.24) is 5.32 Å². The summed E-state index contributed by atoms with van der Waals surface area (Å²) in [6.45, 7) is 1.73. The number of rotatable bonds is 8. The molecule has 1 heterocycles. The Morgan fingerprint density at radius 3 is 2.52 bits per heavy atom. The van der Waals surface area contributed by atoms with E-state index in [1.165, 1.54) is 38.3 Å². The highest BCUT2D eigenvalue weighted by Gasteiger charge is 2.28. The van der Waals surface area contributed by atoms with E-state index in [9.17, 15) is 18.7 Å². The maximum Gasteiger partial charge on any atom is 0.217 e. The lowest BCUT2D eigenvalue weighted by atomic mass is 9.93. The van der Waals surface area contributed by atoms with Crippen LogP contribution in [0.25, 0.3) is 0 Å². The molecule has 2 N–H and O–H groups in total. The molecule has 0 radical (unpaired) electrons. The van der Waals surface area contributed by atoms with E-state index >= 15 is 0 Å². The van der Waals surface area contributed by atoms with Crippen LogP contribution >= 0.6 is 11.3 Å². The first-order chi connectivity index (χ1) is 13.9. The van der Waals surface area contributed by atoms with Crippen molar-refractivity contribution in [1.29, 1.82) is 0 Å². The Morgan fingerprint density at radius 2 is 1.93 bits per heavy atom. The van der Waals surface area contributed by atoms with Crippen molar-refractivity contribution in [2.75, 3.05) is 11.4 Å². The Kier molecular flexibility index (Phi) is 7.61. The first-order valence-electron chi connectivity index (χ1n) is 10.1. The Hall–Kier alpha value is -1.99. The van der Waals surface area contributed by atoms with Gasteiger partial charge in [0.15, 0.2) is 0 Å². The van der Waals surface area contributed by atoms with Crippen molar-refractivity contribution in [3.63, 3.8) is 0 Å². The number of aliphatic hydroxyl groups excluding tert-OH is 1. The average molecular weight is 423 g/mol. The number of anilines is 1. The molecule has 158 valence electrons. The summed E-state index contributed by atoms with van der Waals surface area (Å²) in [4.78, 5) is 13.9. The average Bonchev–Trinajstić information content (AvgIpc) is 3.19. The number of carbonyl (C=O) groups excluding carboxylic acids is 1. The first-order valence-corrected chi connectivity index (χ1v) is 11.0. The van der Waals surface area contributed by atoms with Gasteiger partial charge < -0.3 is 15.3 Å². The fourth-order valence-corrected chi connectivity index (χ4v) is 4.91. The van der Waals surface area contributed by atoms with Crippen LogP contribution in [-0.4, -0.2) is 35.7 Å². The minimum atomic E-state index is -0.880. The fourth-order valence-electron chi connectivity index (χ4n) is 4.10. The molecule has 2 aromatic rings. The van der Waals surface area contributed by atoms with Gasteiger partial charge in [0.05, 0.1) is 17.1 Å². The molecule has 1 aliphatic carbocycles. The molecule has 0 saturated heterocycles. The molecule has 1 saturated carbocycles. The van der Waals surface area contributed by atoms with Crippen LogP contribution in [-0.2, 0) is 11.2 Å². The van der Waals surface area contributed by atoms with E-state index in [4.69, 9.17) is 0 Å². The number of hydrogen-bond donors (Lipinski definition) is 2. The van der Waals surface area contributed by atoms with Crippen molar-refractivity contribution in [3.05, 3.63) is 52.9 Å². The van der Waals surface area contributed by atoms with E-state index in [0.717, 1.165) is 23.9 Å². The number of hydrogen-bond acceptors (Lipinski definition) is 4. The zero-order chi connectivity index (χ0) is 20.8. The Balaban J connectivity index is 1.77. The highest BCUT2D eigenvalue weighted by Crippen LogP contribution is 2.31. The summed E-state index contributed by atoms with van der Waals surface area (Å²) >= 11 is 1.63. The van der Waals surface area contributed by atoms with Crippen LogP contribution in [0.2, 0.25) is 0 Å². The quantitative estimate of drug-likeness (QED) is 0.668. The van der Waals surface area contributed by atoms with Crippen LogP contribution in [0.1, 0.15) is 44.6 Å². The molecule has 1 fully saturated rings. The molecule has 2 atom stereocenters. The molecule has 1 aromatic carbocycles. The number of thiophene rings is 1. The van der Waals surface area contributed by atoms with Crippen LogP contribution in [0.5, 0.6) is 0 Å². The maximum atomic E-state index is 13.6. The van der Waals surface area contributed by atoms with E-state index in [1.807, 2.05) is 17.5 Å². The van der Waals surface area contributed by atoms with Gasteiger partial charge in [0, 0.05) is 25.6 Å². The number of aliphatic hydroxyl groups is 1. The molecule has 4 nitrogen and oxygen atoms in total. The van der Waals surface area contributed by atoms with Gasteiger partial charge in [0.2, 0.25) is 5.91 Å². The molecule has 1 aromatic heterocycles. The second-order valence-electron chi connectivity index (χ2n) is 7.75. The molecule has 2 unspecified atom stereocenters. The predicted molar refractivity (Wildman–Crippen MR) is 112 cm³/mol. The van der Waals surface area contributed by atoms with Crippen LogP contribution in [0.4, 0.5) is 13.8 Å². The summed E-state index contributed by atoms with van der Waals surface area (Å²) in [6.07, 6.45) is 4.99. The standard InChI is InChI=1S/C22H28F2N2O2S/c1-15(27)25-20(12-16-10-17(23)13-18(24)11-16)21(28)14-26(22-8-5-9-29-22)19-6-3-2-4-7-19/h5,8-11,13,19-21,28H,2-4,6-7,12,14H2,1H3,(H,25,27). The van der Waals surface area contributed by atoms with Gasteiger partial charge in [-0.15, -0.1) is 11.3 Å². The Morgan fingerprint density at radius 1 is 1.24 bits per heavy atom. The van der Waals surface area contributed by atoms with Crippen molar-refractivity contribution in [3.8, 4) is 0 Å². The van der Waals surface area contributed by atoms with Crippen molar-refractivity contribution in [2.24, 2.45) is 0 Å². The SMILES string of the molecule is CC(=O)NC(Cc1cc(F)cc(F)c1)C(O)CN(c1cccs1)C1CCCCC1. The fraction of sp³-hybridized carbons (Fsp3) is 0.500. The topological polar surface area (TPSA) is 52.6 Å². The first kappa shape index (κ1) is 21.7. The number of nitrogens with zero attached hydrogens (tertiary/aromatic N) is 1. The molecule has 0 spiro atoms. The van der Waals surface area contributed by atoms with Gasteiger partial charge in [-0.05, 0) is 54.5 Å². The molecule has 1 amide bonds. The van der Waals surface area contributed by atoms with Crippen LogP contribution in [0.3, 0.4) is 0 Å². The lowest BCUT2D eigenvalue weighted by Crippen LogP contribution is -2.51. The minimum Gasteiger partial charge on any atom is -0.389 e. The van der Waals surface area contributed by atoms with Gasteiger partial charge in [-0.2, -0.15) is 0 Å². The zero-order valence-corrected chi connectivity index (χ0v) is 17.4. The largest absolute Gasteiger partial charge is 0.389 e. The smallest absolute Gasteiger partial charge is 0.217 e. The van der Waals surface area contributed by atoms with Gasteiger partial charge in [-0.25, -0.2) is 8.78 Å². The highest BCUT2D eigenvalue weighted by atomic mass is 32.1. The molecule has 7 heteroatoms. The molecule has 29 heavy (non-hydrogen) atoms. The summed E-state index contributed by atoms with van der Waals surface area (Å²) in [5, 5.41) is 16.9. The molecule has 0 bridgehead atoms. The molecular weight excluding hydrogens is 394 g/mol. The van der Waals surface area contributed by atoms with E-state index in [-0.39, 0.29) is 12.3 Å². The summed E-state index contributed by atoms with van der Waals surface area (Å²) in [5.74, 6) is -1.62. The molecule has 1 aliphatic rings.